The summed E-state index contributed by atoms with van der Waals surface area (Å²) in [6.45, 7) is 3.74. The molecule has 0 amide bonds. The van der Waals surface area contributed by atoms with Crippen LogP contribution < -0.4 is 15.0 Å². The summed E-state index contributed by atoms with van der Waals surface area (Å²) in [5.74, 6) is 1.75. The monoisotopic (exact) mass is 522 g/mol. The van der Waals surface area contributed by atoms with Crippen LogP contribution in [0.15, 0.2) is 24.5 Å². The number of ether oxygens (including phenoxy) is 1. The number of anilines is 2. The largest absolute Gasteiger partial charge is 0.421 e. The van der Waals surface area contributed by atoms with Crippen molar-refractivity contribution < 1.29 is 19.3 Å². The third kappa shape index (κ3) is 4.28. The highest BCUT2D eigenvalue weighted by Gasteiger charge is 2.47. The molecular formula is C26H31FN8O3. The molecule has 11 nitrogen and oxygen atoms in total. The number of fused-ring (bicyclic) bond motifs is 5. The first-order chi connectivity index (χ1) is 18.5. The third-order valence-corrected chi connectivity index (χ3v) is 7.74. The number of rotatable bonds is 9. The molecule has 0 radical (unpaired) electrons. The minimum absolute atomic E-state index is 0.0578. The first kappa shape index (κ1) is 24.7. The Kier molecular flexibility index (Phi) is 6.46. The van der Waals surface area contributed by atoms with Gasteiger partial charge in [0.2, 0.25) is 0 Å². The Bertz CT molecular complexity index is 1460. The minimum Gasteiger partial charge on any atom is -0.421 e. The Hall–Kier alpha value is -3.61. The molecule has 1 saturated carbocycles. The number of nitrogens with zero attached hydrogens (tertiary/aromatic N) is 6. The van der Waals surface area contributed by atoms with E-state index in [4.69, 9.17) is 9.72 Å². The van der Waals surface area contributed by atoms with E-state index in [1.807, 2.05) is 0 Å². The molecular weight excluding hydrogens is 491 g/mol. The van der Waals surface area contributed by atoms with Crippen LogP contribution in [0.25, 0.3) is 21.9 Å². The topological polar surface area (TPSA) is 136 Å². The van der Waals surface area contributed by atoms with Crippen molar-refractivity contribution in [3.05, 3.63) is 36.2 Å². The molecule has 4 aromatic rings. The van der Waals surface area contributed by atoms with E-state index in [9.17, 15) is 14.6 Å². The number of aryl methyl sites for hydroxylation is 1. The summed E-state index contributed by atoms with van der Waals surface area (Å²) in [6, 6.07) is 3.60. The minimum atomic E-state index is -0.350. The van der Waals surface area contributed by atoms with Crippen LogP contribution in [0.1, 0.15) is 18.7 Å². The normalized spacial score (nSPS) is 20.8. The lowest BCUT2D eigenvalue weighted by atomic mass is 10.0. The van der Waals surface area contributed by atoms with E-state index in [2.05, 4.69) is 35.1 Å². The number of nitrogens with one attached hydrogen (secondary N) is 2. The van der Waals surface area contributed by atoms with Gasteiger partial charge >= 0.3 is 6.01 Å². The summed E-state index contributed by atoms with van der Waals surface area (Å²) in [5.41, 5.74) is 1.93. The molecule has 2 fully saturated rings. The third-order valence-electron chi connectivity index (χ3n) is 7.74. The van der Waals surface area contributed by atoms with Crippen molar-refractivity contribution in [2.75, 3.05) is 50.1 Å². The number of H-pyrrole nitrogens is 1. The van der Waals surface area contributed by atoms with Gasteiger partial charge in [-0.3, -0.25) is 4.90 Å². The molecule has 200 valence electrons. The van der Waals surface area contributed by atoms with Crippen LogP contribution in [0, 0.1) is 18.7 Å². The molecule has 6 rings (SSSR count). The summed E-state index contributed by atoms with van der Waals surface area (Å²) in [7, 11) is 1.75. The van der Waals surface area contributed by atoms with E-state index in [0.29, 0.717) is 53.1 Å². The molecule has 3 unspecified atom stereocenters. The zero-order valence-corrected chi connectivity index (χ0v) is 21.4. The van der Waals surface area contributed by atoms with Gasteiger partial charge in [0.1, 0.15) is 23.1 Å². The van der Waals surface area contributed by atoms with Crippen molar-refractivity contribution in [1.29, 1.82) is 0 Å². The maximum absolute atomic E-state index is 14.6. The lowest BCUT2D eigenvalue weighted by Gasteiger charge is -2.38. The Morgan fingerprint density at radius 3 is 2.58 bits per heavy atom. The summed E-state index contributed by atoms with van der Waals surface area (Å²) in [5, 5.41) is 23.6. The van der Waals surface area contributed by atoms with Crippen LogP contribution in [-0.4, -0.2) is 92.0 Å². The standard InChI is InChI=1S/C26H31FN8O3/c1-14-29-11-18(12-30-14)38-26-32-24-22(19-8-16(27)9-20(28-2)23(19)31-24)25(33-26)35-13-15-7-17(35)10-21(15)34(3-5-36)4-6-37/h8-9,11-12,15,17,21,28,36-37H,3-7,10,13H2,1-2H3,(H,31,32,33). The van der Waals surface area contributed by atoms with Gasteiger partial charge in [0.15, 0.2) is 5.75 Å². The van der Waals surface area contributed by atoms with E-state index in [-0.39, 0.29) is 37.1 Å². The number of benzene rings is 1. The molecule has 3 aromatic heterocycles. The molecule has 2 bridgehead atoms. The van der Waals surface area contributed by atoms with Gasteiger partial charge in [0.25, 0.3) is 0 Å². The van der Waals surface area contributed by atoms with Crippen LogP contribution in [0.3, 0.4) is 0 Å². The fourth-order valence-corrected chi connectivity index (χ4v) is 6.15. The molecule has 3 atom stereocenters. The van der Waals surface area contributed by atoms with Crippen LogP contribution in [0.5, 0.6) is 11.8 Å². The van der Waals surface area contributed by atoms with Gasteiger partial charge in [0, 0.05) is 44.2 Å². The molecule has 1 aliphatic heterocycles. The Balaban J connectivity index is 1.43. The number of aliphatic hydroxyl groups is 2. The molecule has 0 spiro atoms. The van der Waals surface area contributed by atoms with Crippen molar-refractivity contribution in [2.24, 2.45) is 5.92 Å². The van der Waals surface area contributed by atoms with Crippen molar-refractivity contribution in [1.82, 2.24) is 29.8 Å². The van der Waals surface area contributed by atoms with Crippen LogP contribution in [-0.2, 0) is 0 Å². The Morgan fingerprint density at radius 2 is 1.92 bits per heavy atom. The number of aromatic nitrogens is 5. The second kappa shape index (κ2) is 9.93. The number of halogens is 1. The summed E-state index contributed by atoms with van der Waals surface area (Å²) in [6.07, 6.45) is 5.02. The Morgan fingerprint density at radius 1 is 1.16 bits per heavy atom. The van der Waals surface area contributed by atoms with Gasteiger partial charge in [0.05, 0.1) is 42.2 Å². The van der Waals surface area contributed by atoms with Crippen LogP contribution in [0.2, 0.25) is 0 Å². The highest BCUT2D eigenvalue weighted by Crippen LogP contribution is 2.46. The van der Waals surface area contributed by atoms with E-state index in [0.717, 1.165) is 30.3 Å². The fourth-order valence-electron chi connectivity index (χ4n) is 6.15. The summed E-state index contributed by atoms with van der Waals surface area (Å²) in [4.78, 5) is 25.7. The molecule has 12 heteroatoms. The van der Waals surface area contributed by atoms with Crippen molar-refractivity contribution >= 4 is 33.4 Å². The highest BCUT2D eigenvalue weighted by atomic mass is 19.1. The fraction of sp³-hybridized carbons (Fsp3) is 0.462. The average molecular weight is 523 g/mol. The van der Waals surface area contributed by atoms with E-state index in [1.54, 1.807) is 26.4 Å². The van der Waals surface area contributed by atoms with Gasteiger partial charge < -0.3 is 30.2 Å². The first-order valence-electron chi connectivity index (χ1n) is 12.9. The number of aromatic amines is 1. The second-order valence-electron chi connectivity index (χ2n) is 9.96. The van der Waals surface area contributed by atoms with Gasteiger partial charge in [-0.1, -0.05) is 0 Å². The van der Waals surface area contributed by atoms with Crippen molar-refractivity contribution in [3.8, 4) is 11.8 Å². The van der Waals surface area contributed by atoms with Gasteiger partial charge in [-0.25, -0.2) is 14.4 Å². The highest BCUT2D eigenvalue weighted by molar-refractivity contribution is 6.14. The van der Waals surface area contributed by atoms with Gasteiger partial charge in [-0.2, -0.15) is 9.97 Å². The SMILES string of the molecule is CNc1cc(F)cc2c1[nH]c1nc(Oc3cnc(C)nc3)nc(N3CC4CC3CC4N(CCO)CCO)c12. The number of aliphatic hydroxyl groups excluding tert-OH is 2. The number of hydrogen-bond acceptors (Lipinski definition) is 10. The lowest BCUT2D eigenvalue weighted by molar-refractivity contribution is 0.0991. The maximum atomic E-state index is 14.6. The predicted octanol–water partition coefficient (Wildman–Crippen LogP) is 2.44. The molecule has 1 saturated heterocycles. The van der Waals surface area contributed by atoms with Crippen molar-refractivity contribution in [3.63, 3.8) is 0 Å². The zero-order valence-electron chi connectivity index (χ0n) is 21.4. The van der Waals surface area contributed by atoms with E-state index >= 15 is 0 Å². The maximum Gasteiger partial charge on any atom is 0.326 e. The molecule has 1 aliphatic carbocycles. The quantitative estimate of drug-likeness (QED) is 0.260. The molecule has 4 heterocycles. The Labute approximate surface area is 218 Å². The van der Waals surface area contributed by atoms with Crippen LogP contribution in [0.4, 0.5) is 15.9 Å². The number of hydrogen-bond donors (Lipinski definition) is 4. The number of piperidine rings is 1. The summed E-state index contributed by atoms with van der Waals surface area (Å²) < 4.78 is 20.6. The molecule has 4 N–H and O–H groups in total. The average Bonchev–Trinajstić information content (AvgIpc) is 3.62. The predicted molar refractivity (Wildman–Crippen MR) is 141 cm³/mol. The first-order valence-corrected chi connectivity index (χ1v) is 12.9. The summed E-state index contributed by atoms with van der Waals surface area (Å²) >= 11 is 0. The van der Waals surface area contributed by atoms with Gasteiger partial charge in [-0.05, 0) is 37.8 Å². The van der Waals surface area contributed by atoms with Crippen molar-refractivity contribution in [2.45, 2.75) is 31.8 Å². The lowest BCUT2D eigenvalue weighted by Crippen LogP contribution is -2.48. The molecule has 1 aromatic carbocycles. The van der Waals surface area contributed by atoms with E-state index in [1.165, 1.54) is 12.1 Å². The molecule has 38 heavy (non-hydrogen) atoms. The van der Waals surface area contributed by atoms with E-state index < -0.39 is 0 Å². The smallest absolute Gasteiger partial charge is 0.326 e. The second-order valence-corrected chi connectivity index (χ2v) is 9.96. The molecule has 2 aliphatic rings. The van der Waals surface area contributed by atoms with Gasteiger partial charge in [-0.15, -0.1) is 0 Å². The zero-order chi connectivity index (χ0) is 26.4. The van der Waals surface area contributed by atoms with Crippen LogP contribution >= 0.6 is 0 Å².